The van der Waals surface area contributed by atoms with Crippen LogP contribution in [0.2, 0.25) is 0 Å². The van der Waals surface area contributed by atoms with E-state index in [1.54, 1.807) is 0 Å². The largest absolute Gasteiger partial charge is 0.480 e. The van der Waals surface area contributed by atoms with E-state index < -0.39 is 12.0 Å². The van der Waals surface area contributed by atoms with Gasteiger partial charge in [0.1, 0.15) is 6.04 Å². The number of carboxylic acids is 1. The van der Waals surface area contributed by atoms with Crippen molar-refractivity contribution in [3.05, 3.63) is 35.4 Å². The molecule has 2 rings (SSSR count). The highest BCUT2D eigenvalue weighted by Gasteiger charge is 2.36. The zero-order valence-corrected chi connectivity index (χ0v) is 10.3. The number of hydrogen-bond donors (Lipinski definition) is 2. The van der Waals surface area contributed by atoms with Crippen LogP contribution in [0.4, 0.5) is 0 Å². The Labute approximate surface area is 102 Å². The molecule has 0 aromatic heterocycles. The van der Waals surface area contributed by atoms with Crippen LogP contribution in [-0.2, 0) is 4.79 Å². The van der Waals surface area contributed by atoms with Gasteiger partial charge < -0.3 is 5.11 Å². The summed E-state index contributed by atoms with van der Waals surface area (Å²) in [5, 5.41) is 12.4. The Bertz CT molecular complexity index is 412. The zero-order valence-electron chi connectivity index (χ0n) is 10.3. The van der Waals surface area contributed by atoms with Crippen LogP contribution in [0.15, 0.2) is 24.3 Å². The average Bonchev–Trinajstić information content (AvgIpc) is 3.09. The molecule has 1 aromatic carbocycles. The lowest BCUT2D eigenvalue weighted by Gasteiger charge is -2.21. The van der Waals surface area contributed by atoms with Crippen LogP contribution in [0.1, 0.15) is 36.9 Å². The summed E-state index contributed by atoms with van der Waals surface area (Å²) in [6.07, 6.45) is 2.06. The summed E-state index contributed by atoms with van der Waals surface area (Å²) < 4.78 is 0. The molecule has 2 atom stereocenters. The van der Waals surface area contributed by atoms with Gasteiger partial charge in [0.25, 0.3) is 0 Å². The third-order valence-corrected chi connectivity index (χ3v) is 3.44. The molecule has 1 aliphatic rings. The number of hydrogen-bond acceptors (Lipinski definition) is 2. The van der Waals surface area contributed by atoms with Gasteiger partial charge in [0, 0.05) is 6.04 Å². The smallest absolute Gasteiger partial charge is 0.320 e. The first-order valence-electron chi connectivity index (χ1n) is 6.14. The maximum atomic E-state index is 11.2. The van der Waals surface area contributed by atoms with E-state index in [4.69, 9.17) is 0 Å². The summed E-state index contributed by atoms with van der Waals surface area (Å²) in [6.45, 7) is 4.08. The van der Waals surface area contributed by atoms with Crippen molar-refractivity contribution in [3.8, 4) is 0 Å². The van der Waals surface area contributed by atoms with Gasteiger partial charge in [-0.2, -0.15) is 0 Å². The summed E-state index contributed by atoms with van der Waals surface area (Å²) in [5.74, 6) is -0.410. The quantitative estimate of drug-likeness (QED) is 0.821. The standard InChI is InChI=1S/C14H19NO2/c1-9-5-3-4-6-12(9)10(2)15-13(14(16)17)11-7-8-11/h3-6,10-11,13,15H,7-8H2,1-2H3,(H,16,17). The Morgan fingerprint density at radius 1 is 1.41 bits per heavy atom. The number of carboxylic acid groups (broad SMARTS) is 1. The van der Waals surface area contributed by atoms with E-state index in [0.29, 0.717) is 5.92 Å². The molecule has 0 amide bonds. The summed E-state index contributed by atoms with van der Waals surface area (Å²) in [5.41, 5.74) is 2.38. The van der Waals surface area contributed by atoms with Crippen molar-refractivity contribution >= 4 is 5.97 Å². The second kappa shape index (κ2) is 4.88. The first kappa shape index (κ1) is 12.1. The predicted molar refractivity (Wildman–Crippen MR) is 66.9 cm³/mol. The first-order valence-corrected chi connectivity index (χ1v) is 6.14. The number of carbonyl (C=O) groups is 1. The minimum Gasteiger partial charge on any atom is -0.480 e. The molecule has 1 aromatic rings. The molecule has 0 saturated heterocycles. The Morgan fingerprint density at radius 3 is 2.59 bits per heavy atom. The molecule has 92 valence electrons. The fraction of sp³-hybridized carbons (Fsp3) is 0.500. The van der Waals surface area contributed by atoms with Crippen molar-refractivity contribution in [2.24, 2.45) is 5.92 Å². The second-order valence-electron chi connectivity index (χ2n) is 4.90. The van der Waals surface area contributed by atoms with Crippen LogP contribution in [0.5, 0.6) is 0 Å². The number of benzene rings is 1. The van der Waals surface area contributed by atoms with Crippen LogP contribution >= 0.6 is 0 Å². The summed E-state index contributed by atoms with van der Waals surface area (Å²) in [4.78, 5) is 11.2. The van der Waals surface area contributed by atoms with Crippen LogP contribution < -0.4 is 5.32 Å². The molecule has 2 N–H and O–H groups in total. The van der Waals surface area contributed by atoms with E-state index in [1.165, 1.54) is 11.1 Å². The van der Waals surface area contributed by atoms with E-state index in [9.17, 15) is 9.90 Å². The Hall–Kier alpha value is -1.35. The molecule has 17 heavy (non-hydrogen) atoms. The summed E-state index contributed by atoms with van der Waals surface area (Å²) in [7, 11) is 0. The van der Waals surface area contributed by atoms with E-state index in [2.05, 4.69) is 24.4 Å². The molecule has 0 spiro atoms. The molecule has 1 saturated carbocycles. The zero-order chi connectivity index (χ0) is 12.4. The fourth-order valence-corrected chi connectivity index (χ4v) is 2.27. The molecular formula is C14H19NO2. The number of aryl methyl sites for hydroxylation is 1. The molecular weight excluding hydrogens is 214 g/mol. The van der Waals surface area contributed by atoms with Gasteiger partial charge in [0.05, 0.1) is 0 Å². The fourth-order valence-electron chi connectivity index (χ4n) is 2.27. The van der Waals surface area contributed by atoms with Gasteiger partial charge >= 0.3 is 5.97 Å². The second-order valence-corrected chi connectivity index (χ2v) is 4.90. The maximum absolute atomic E-state index is 11.2. The maximum Gasteiger partial charge on any atom is 0.320 e. The normalized spacial score (nSPS) is 18.7. The van der Waals surface area contributed by atoms with Crippen molar-refractivity contribution in [2.75, 3.05) is 0 Å². The molecule has 3 heteroatoms. The molecule has 0 aliphatic heterocycles. The number of rotatable bonds is 5. The third kappa shape index (κ3) is 2.86. The molecule has 2 unspecified atom stereocenters. The molecule has 0 bridgehead atoms. The van der Waals surface area contributed by atoms with Gasteiger partial charge in [0.15, 0.2) is 0 Å². The molecule has 1 fully saturated rings. The molecule has 0 heterocycles. The summed E-state index contributed by atoms with van der Waals surface area (Å²) >= 11 is 0. The molecule has 0 radical (unpaired) electrons. The van der Waals surface area contributed by atoms with Crippen molar-refractivity contribution in [2.45, 2.75) is 38.8 Å². The lowest BCUT2D eigenvalue weighted by molar-refractivity contribution is -0.140. The molecule has 1 aliphatic carbocycles. The van der Waals surface area contributed by atoms with Gasteiger partial charge in [-0.05, 0) is 43.7 Å². The van der Waals surface area contributed by atoms with E-state index in [1.807, 2.05) is 19.1 Å². The minimum atomic E-state index is -0.729. The minimum absolute atomic E-state index is 0.0814. The van der Waals surface area contributed by atoms with Crippen LogP contribution in [0, 0.1) is 12.8 Å². The topological polar surface area (TPSA) is 49.3 Å². The van der Waals surface area contributed by atoms with E-state index in [-0.39, 0.29) is 6.04 Å². The first-order chi connectivity index (χ1) is 8.09. The monoisotopic (exact) mass is 233 g/mol. The van der Waals surface area contributed by atoms with E-state index in [0.717, 1.165) is 12.8 Å². The highest BCUT2D eigenvalue weighted by molar-refractivity contribution is 5.74. The summed E-state index contributed by atoms with van der Waals surface area (Å²) in [6, 6.07) is 7.79. The Kier molecular flexibility index (Phi) is 3.48. The van der Waals surface area contributed by atoms with Crippen LogP contribution in [0.25, 0.3) is 0 Å². The van der Waals surface area contributed by atoms with Crippen LogP contribution in [0.3, 0.4) is 0 Å². The lowest BCUT2D eigenvalue weighted by atomic mass is 10.0. The SMILES string of the molecule is Cc1ccccc1C(C)NC(C(=O)O)C1CC1. The van der Waals surface area contributed by atoms with Crippen molar-refractivity contribution < 1.29 is 9.90 Å². The van der Waals surface area contributed by atoms with Crippen molar-refractivity contribution in [3.63, 3.8) is 0 Å². The van der Waals surface area contributed by atoms with Gasteiger partial charge in [0.2, 0.25) is 0 Å². The van der Waals surface area contributed by atoms with Gasteiger partial charge in [-0.25, -0.2) is 0 Å². The van der Waals surface area contributed by atoms with Gasteiger partial charge in [-0.1, -0.05) is 24.3 Å². The molecule has 3 nitrogen and oxygen atoms in total. The Balaban J connectivity index is 2.07. The van der Waals surface area contributed by atoms with Gasteiger partial charge in [-0.15, -0.1) is 0 Å². The van der Waals surface area contributed by atoms with Crippen molar-refractivity contribution in [1.82, 2.24) is 5.32 Å². The van der Waals surface area contributed by atoms with Crippen LogP contribution in [-0.4, -0.2) is 17.1 Å². The number of aliphatic carboxylic acids is 1. The lowest BCUT2D eigenvalue weighted by Crippen LogP contribution is -2.40. The number of nitrogens with one attached hydrogen (secondary N) is 1. The average molecular weight is 233 g/mol. The van der Waals surface area contributed by atoms with E-state index >= 15 is 0 Å². The third-order valence-electron chi connectivity index (χ3n) is 3.44. The van der Waals surface area contributed by atoms with Crippen molar-refractivity contribution in [1.29, 1.82) is 0 Å². The highest BCUT2D eigenvalue weighted by Crippen LogP contribution is 2.34. The highest BCUT2D eigenvalue weighted by atomic mass is 16.4. The predicted octanol–water partition coefficient (Wildman–Crippen LogP) is 2.51. The Morgan fingerprint density at radius 2 is 2.06 bits per heavy atom. The van der Waals surface area contributed by atoms with Gasteiger partial charge in [-0.3, -0.25) is 10.1 Å².